The fourth-order valence-electron chi connectivity index (χ4n) is 4.36. The summed E-state index contributed by atoms with van der Waals surface area (Å²) < 4.78 is 6.33. The smallest absolute Gasteiger partial charge is 0.232 e. The van der Waals surface area contributed by atoms with Crippen LogP contribution in [-0.4, -0.2) is 5.91 Å². The van der Waals surface area contributed by atoms with E-state index in [0.717, 1.165) is 44.5 Å². The first-order valence-electron chi connectivity index (χ1n) is 11.5. The molecule has 1 amide bonds. The maximum Gasteiger partial charge on any atom is 0.232 e. The zero-order valence-corrected chi connectivity index (χ0v) is 20.6. The highest BCUT2D eigenvalue weighted by Gasteiger charge is 2.21. The Bertz CT molecular complexity index is 1290. The highest BCUT2D eigenvalue weighted by atomic mass is 35.5. The third-order valence-electron chi connectivity index (χ3n) is 6.10. The SMILES string of the molecule is Cc1ccccc1-c1oc(CC(=O)Nc2c(C(C)C)cccc2C(C)C)c2ccc(Cl)cc12. The number of amides is 1. The van der Waals surface area contributed by atoms with Crippen LogP contribution >= 0.6 is 11.6 Å². The fourth-order valence-corrected chi connectivity index (χ4v) is 4.54. The summed E-state index contributed by atoms with van der Waals surface area (Å²) in [6.07, 6.45) is 0.147. The van der Waals surface area contributed by atoms with Crippen LogP contribution in [0.4, 0.5) is 5.69 Å². The molecule has 0 aliphatic rings. The van der Waals surface area contributed by atoms with Crippen LogP contribution in [0.1, 0.15) is 62.0 Å². The molecule has 0 saturated heterocycles. The van der Waals surface area contributed by atoms with Gasteiger partial charge in [-0.2, -0.15) is 0 Å². The van der Waals surface area contributed by atoms with E-state index in [2.05, 4.69) is 64.2 Å². The van der Waals surface area contributed by atoms with Crippen molar-refractivity contribution in [1.82, 2.24) is 0 Å². The normalized spacial score (nSPS) is 11.5. The van der Waals surface area contributed by atoms with Gasteiger partial charge in [0.2, 0.25) is 5.91 Å². The molecule has 1 heterocycles. The molecule has 0 unspecified atom stereocenters. The summed E-state index contributed by atoms with van der Waals surface area (Å²) >= 11 is 6.31. The number of halogens is 1. The lowest BCUT2D eigenvalue weighted by molar-refractivity contribution is -0.115. The zero-order valence-electron chi connectivity index (χ0n) is 19.8. The van der Waals surface area contributed by atoms with Crippen molar-refractivity contribution >= 4 is 34.0 Å². The quantitative estimate of drug-likeness (QED) is 0.314. The van der Waals surface area contributed by atoms with Gasteiger partial charge in [0.1, 0.15) is 11.5 Å². The van der Waals surface area contributed by atoms with Crippen LogP contribution in [0.15, 0.2) is 65.1 Å². The summed E-state index contributed by atoms with van der Waals surface area (Å²) in [5, 5.41) is 5.67. The van der Waals surface area contributed by atoms with E-state index in [4.69, 9.17) is 16.0 Å². The number of hydrogen-bond acceptors (Lipinski definition) is 2. The molecule has 0 aliphatic carbocycles. The Morgan fingerprint density at radius 2 is 1.58 bits per heavy atom. The molecule has 0 spiro atoms. The zero-order chi connectivity index (χ0) is 23.7. The van der Waals surface area contributed by atoms with E-state index in [1.165, 1.54) is 0 Å². The van der Waals surface area contributed by atoms with Crippen molar-refractivity contribution < 1.29 is 9.21 Å². The van der Waals surface area contributed by atoms with E-state index < -0.39 is 0 Å². The van der Waals surface area contributed by atoms with E-state index in [1.54, 1.807) is 0 Å². The minimum Gasteiger partial charge on any atom is -0.459 e. The molecule has 3 aromatic carbocycles. The number of hydrogen-bond donors (Lipinski definition) is 1. The van der Waals surface area contributed by atoms with Gasteiger partial charge in [-0.1, -0.05) is 81.8 Å². The summed E-state index contributed by atoms with van der Waals surface area (Å²) in [6, 6.07) is 20.0. The Balaban J connectivity index is 1.73. The highest BCUT2D eigenvalue weighted by Crippen LogP contribution is 2.38. The van der Waals surface area contributed by atoms with E-state index >= 15 is 0 Å². The number of benzene rings is 3. The third-order valence-corrected chi connectivity index (χ3v) is 6.34. The number of para-hydroxylation sites is 1. The van der Waals surface area contributed by atoms with Crippen molar-refractivity contribution in [2.75, 3.05) is 5.32 Å². The summed E-state index contributed by atoms with van der Waals surface area (Å²) in [5.41, 5.74) is 5.32. The number of furan rings is 1. The minimum atomic E-state index is -0.0908. The molecule has 170 valence electrons. The van der Waals surface area contributed by atoms with Gasteiger partial charge in [0, 0.05) is 27.0 Å². The van der Waals surface area contributed by atoms with Gasteiger partial charge in [0.15, 0.2) is 0 Å². The predicted molar refractivity (Wildman–Crippen MR) is 138 cm³/mol. The number of carbonyl (C=O) groups excluding carboxylic acids is 1. The topological polar surface area (TPSA) is 42.2 Å². The van der Waals surface area contributed by atoms with Crippen molar-refractivity contribution in [1.29, 1.82) is 0 Å². The van der Waals surface area contributed by atoms with E-state index in [9.17, 15) is 4.79 Å². The Labute approximate surface area is 200 Å². The van der Waals surface area contributed by atoms with Gasteiger partial charge in [-0.15, -0.1) is 0 Å². The van der Waals surface area contributed by atoms with Gasteiger partial charge in [-0.25, -0.2) is 0 Å². The van der Waals surface area contributed by atoms with Crippen molar-refractivity contribution in [2.24, 2.45) is 0 Å². The van der Waals surface area contributed by atoms with Crippen LogP contribution in [0.5, 0.6) is 0 Å². The van der Waals surface area contributed by atoms with Crippen LogP contribution in [0.3, 0.4) is 0 Å². The lowest BCUT2D eigenvalue weighted by Crippen LogP contribution is -2.17. The summed E-state index contributed by atoms with van der Waals surface area (Å²) in [7, 11) is 0. The number of rotatable bonds is 6. The van der Waals surface area contributed by atoms with Gasteiger partial charge < -0.3 is 9.73 Å². The molecular weight excluding hydrogens is 430 g/mol. The van der Waals surface area contributed by atoms with Crippen LogP contribution in [0.25, 0.3) is 22.1 Å². The first-order chi connectivity index (χ1) is 15.8. The summed E-state index contributed by atoms with van der Waals surface area (Å²) in [5.74, 6) is 1.91. The third kappa shape index (κ3) is 4.69. The largest absolute Gasteiger partial charge is 0.459 e. The molecule has 4 heteroatoms. The van der Waals surface area contributed by atoms with Gasteiger partial charge in [-0.3, -0.25) is 4.79 Å². The van der Waals surface area contributed by atoms with Gasteiger partial charge >= 0.3 is 0 Å². The molecule has 0 radical (unpaired) electrons. The van der Waals surface area contributed by atoms with Gasteiger partial charge in [-0.05, 0) is 53.6 Å². The van der Waals surface area contributed by atoms with Crippen molar-refractivity contribution in [3.63, 3.8) is 0 Å². The number of anilines is 1. The Morgan fingerprint density at radius 1 is 0.909 bits per heavy atom. The van der Waals surface area contributed by atoms with Crippen LogP contribution in [-0.2, 0) is 11.2 Å². The highest BCUT2D eigenvalue weighted by molar-refractivity contribution is 6.31. The molecular formula is C29H30ClNO2. The average Bonchev–Trinajstić information content (AvgIpc) is 3.10. The van der Waals surface area contributed by atoms with Crippen molar-refractivity contribution in [2.45, 2.75) is 52.9 Å². The molecule has 0 saturated carbocycles. The number of carbonyl (C=O) groups is 1. The molecule has 0 bridgehead atoms. The maximum atomic E-state index is 13.3. The molecule has 3 nitrogen and oxygen atoms in total. The van der Waals surface area contributed by atoms with Crippen LogP contribution in [0, 0.1) is 6.92 Å². The Morgan fingerprint density at radius 3 is 2.21 bits per heavy atom. The maximum absolute atomic E-state index is 13.3. The molecule has 1 N–H and O–H groups in total. The average molecular weight is 460 g/mol. The minimum absolute atomic E-state index is 0.0908. The first kappa shape index (κ1) is 23.1. The van der Waals surface area contributed by atoms with Crippen LogP contribution in [0.2, 0.25) is 5.02 Å². The van der Waals surface area contributed by atoms with E-state index in [-0.39, 0.29) is 12.3 Å². The van der Waals surface area contributed by atoms with E-state index in [1.807, 2.05) is 36.4 Å². The lowest BCUT2D eigenvalue weighted by Gasteiger charge is -2.20. The second-order valence-corrected chi connectivity index (χ2v) is 9.64. The molecule has 33 heavy (non-hydrogen) atoms. The van der Waals surface area contributed by atoms with E-state index in [0.29, 0.717) is 22.6 Å². The Kier molecular flexibility index (Phi) is 6.62. The fraction of sp³-hybridized carbons (Fsp3) is 0.276. The summed E-state index contributed by atoms with van der Waals surface area (Å²) in [4.78, 5) is 13.3. The monoisotopic (exact) mass is 459 g/mol. The predicted octanol–water partition coefficient (Wildman–Crippen LogP) is 8.49. The summed E-state index contributed by atoms with van der Waals surface area (Å²) in [6.45, 7) is 10.6. The molecule has 0 atom stereocenters. The number of aryl methyl sites for hydroxylation is 1. The van der Waals surface area contributed by atoms with Crippen molar-refractivity contribution in [3.05, 3.63) is 88.1 Å². The lowest BCUT2D eigenvalue weighted by atomic mass is 9.92. The van der Waals surface area contributed by atoms with Crippen LogP contribution < -0.4 is 5.32 Å². The molecule has 4 aromatic rings. The van der Waals surface area contributed by atoms with Gasteiger partial charge in [0.05, 0.1) is 6.42 Å². The molecule has 0 aliphatic heterocycles. The second kappa shape index (κ2) is 9.44. The number of nitrogens with one attached hydrogen (secondary N) is 1. The molecule has 4 rings (SSSR count). The standard InChI is InChI=1S/C29H30ClNO2/c1-17(2)21-11-8-12-22(18(3)4)28(21)31-27(32)16-26-24-14-13-20(30)15-25(24)29(33-26)23-10-7-6-9-19(23)5/h6-15,17-18H,16H2,1-5H3,(H,31,32). The van der Waals surface area contributed by atoms with Gasteiger partial charge in [0.25, 0.3) is 0 Å². The molecule has 0 fully saturated rings. The van der Waals surface area contributed by atoms with Crippen molar-refractivity contribution in [3.8, 4) is 11.3 Å². The first-order valence-corrected chi connectivity index (χ1v) is 11.8. The second-order valence-electron chi connectivity index (χ2n) is 9.21. The number of fused-ring (bicyclic) bond motifs is 1. The Hall–Kier alpha value is -3.04. The molecule has 1 aromatic heterocycles.